The number of carbonyl (C=O) groups excluding carboxylic acids is 1. The lowest BCUT2D eigenvalue weighted by Crippen LogP contribution is -2.64. The molecule has 6 aliphatic rings. The molecule has 1 saturated heterocycles. The molecule has 0 aromatic rings. The van der Waals surface area contributed by atoms with E-state index >= 15 is 0 Å². The first kappa shape index (κ1) is 30.9. The highest BCUT2D eigenvalue weighted by atomic mass is 16.7. The van der Waals surface area contributed by atoms with Crippen LogP contribution in [0.2, 0.25) is 0 Å². The van der Waals surface area contributed by atoms with Gasteiger partial charge < -0.3 is 14.0 Å². The average molecular weight is 579 g/mol. The zero-order chi connectivity index (χ0) is 30.9. The smallest absolute Gasteiger partial charge is 0.469 e. The Balaban J connectivity index is 1.38. The van der Waals surface area contributed by atoms with Gasteiger partial charge in [-0.3, -0.25) is 4.79 Å². The van der Waals surface area contributed by atoms with Gasteiger partial charge in [0.1, 0.15) is 0 Å². The van der Waals surface area contributed by atoms with Crippen LogP contribution in [-0.2, 0) is 18.8 Å². The van der Waals surface area contributed by atoms with Crippen LogP contribution in [0.15, 0.2) is 23.2 Å². The van der Waals surface area contributed by atoms with E-state index in [-0.39, 0.29) is 56.8 Å². The number of hydrogen-bond acceptors (Lipinski definition) is 4. The van der Waals surface area contributed by atoms with Gasteiger partial charge >= 0.3 is 13.1 Å². The van der Waals surface area contributed by atoms with Crippen molar-refractivity contribution in [1.29, 1.82) is 0 Å². The largest absolute Gasteiger partial charge is 0.490 e. The number of carbonyl (C=O) groups is 1. The first-order valence-electron chi connectivity index (χ1n) is 17.1. The van der Waals surface area contributed by atoms with Gasteiger partial charge in [-0.25, -0.2) is 0 Å². The van der Waals surface area contributed by atoms with E-state index in [4.69, 9.17) is 14.0 Å². The van der Waals surface area contributed by atoms with Crippen molar-refractivity contribution in [1.82, 2.24) is 0 Å². The van der Waals surface area contributed by atoms with Gasteiger partial charge in [0.25, 0.3) is 0 Å². The fourth-order valence-electron chi connectivity index (χ4n) is 11.8. The van der Waals surface area contributed by atoms with E-state index in [1.54, 1.807) is 12.7 Å². The summed E-state index contributed by atoms with van der Waals surface area (Å²) in [4.78, 5) is 13.5. The highest BCUT2D eigenvalue weighted by molar-refractivity contribution is 6.55. The molecule has 0 spiro atoms. The Bertz CT molecular complexity index is 1210. The topological polar surface area (TPSA) is 44.8 Å². The van der Waals surface area contributed by atoms with Crippen LogP contribution in [0.4, 0.5) is 0 Å². The minimum Gasteiger partial charge on any atom is -0.469 e. The van der Waals surface area contributed by atoms with Crippen molar-refractivity contribution in [3.05, 3.63) is 23.2 Å². The minimum atomic E-state index is -0.340. The molecule has 3 saturated carbocycles. The Morgan fingerprint density at radius 1 is 0.833 bits per heavy atom. The number of rotatable bonds is 2. The summed E-state index contributed by atoms with van der Waals surface area (Å²) in [5.41, 5.74) is 2.75. The van der Waals surface area contributed by atoms with E-state index in [1.165, 1.54) is 18.3 Å². The van der Waals surface area contributed by atoms with Crippen LogP contribution in [-0.4, -0.2) is 31.4 Å². The SMILES string of the molecule is COC(=O)[C@]12CCC(C)(C)C[C@H]1C1=CC[C@@H]3[C@@]4(C)CC=C(B5OC(C)(C)C(C)(C)O5)C(C)(C)[C@@H]4CC[C@@]3(C)[C@]1(C)CC2. The van der Waals surface area contributed by atoms with Gasteiger partial charge in [-0.1, -0.05) is 66.2 Å². The Labute approximate surface area is 257 Å². The van der Waals surface area contributed by atoms with Crippen molar-refractivity contribution < 1.29 is 18.8 Å². The molecule has 0 aromatic heterocycles. The third-order valence-electron chi connectivity index (χ3n) is 15.4. The predicted octanol–water partition coefficient (Wildman–Crippen LogP) is 9.13. The van der Waals surface area contributed by atoms with Gasteiger partial charge in [-0.15, -0.1) is 0 Å². The van der Waals surface area contributed by atoms with Crippen LogP contribution in [0.3, 0.4) is 0 Å². The fourth-order valence-corrected chi connectivity index (χ4v) is 11.8. The summed E-state index contributed by atoms with van der Waals surface area (Å²) >= 11 is 0. The summed E-state index contributed by atoms with van der Waals surface area (Å²) in [7, 11) is 1.34. The highest BCUT2D eigenvalue weighted by Crippen LogP contribution is 2.76. The summed E-state index contributed by atoms with van der Waals surface area (Å²) in [6, 6.07) is 0. The molecular weight excluding hydrogens is 519 g/mol. The van der Waals surface area contributed by atoms with Gasteiger partial charge in [0.15, 0.2) is 0 Å². The predicted molar refractivity (Wildman–Crippen MR) is 171 cm³/mol. The van der Waals surface area contributed by atoms with Crippen LogP contribution in [0, 0.1) is 50.2 Å². The molecule has 42 heavy (non-hydrogen) atoms. The van der Waals surface area contributed by atoms with Crippen molar-refractivity contribution in [2.24, 2.45) is 50.2 Å². The molecule has 1 heterocycles. The molecule has 0 bridgehead atoms. The van der Waals surface area contributed by atoms with E-state index < -0.39 is 0 Å². The Kier molecular flexibility index (Phi) is 6.64. The van der Waals surface area contributed by atoms with E-state index in [9.17, 15) is 4.79 Å². The van der Waals surface area contributed by atoms with Crippen LogP contribution < -0.4 is 0 Å². The maximum absolute atomic E-state index is 13.5. The van der Waals surface area contributed by atoms with Crippen molar-refractivity contribution in [3.8, 4) is 0 Å². The normalized spacial score (nSPS) is 46.3. The molecule has 5 aliphatic carbocycles. The molecular formula is C37H59BO4. The van der Waals surface area contributed by atoms with Gasteiger partial charge in [-0.05, 0) is 136 Å². The number of ether oxygens (including phenoxy) is 1. The lowest BCUT2D eigenvalue weighted by Gasteiger charge is -2.70. The number of esters is 1. The third kappa shape index (κ3) is 3.83. The zero-order valence-corrected chi connectivity index (χ0v) is 29.0. The minimum absolute atomic E-state index is 0.000386. The molecule has 0 radical (unpaired) electrons. The summed E-state index contributed by atoms with van der Waals surface area (Å²) in [6.45, 7) is 26.3. The highest BCUT2D eigenvalue weighted by Gasteiger charge is 2.69. The Morgan fingerprint density at radius 2 is 1.45 bits per heavy atom. The van der Waals surface area contributed by atoms with Crippen LogP contribution in [0.5, 0.6) is 0 Å². The van der Waals surface area contributed by atoms with Gasteiger partial charge in [-0.2, -0.15) is 0 Å². The second-order valence-electron chi connectivity index (χ2n) is 18.5. The lowest BCUT2D eigenvalue weighted by molar-refractivity contribution is -0.180. The van der Waals surface area contributed by atoms with Gasteiger partial charge in [0.2, 0.25) is 0 Å². The summed E-state index contributed by atoms with van der Waals surface area (Å²) in [6.07, 6.45) is 15.1. The molecule has 7 atom stereocenters. The first-order chi connectivity index (χ1) is 19.2. The van der Waals surface area contributed by atoms with Crippen molar-refractivity contribution >= 4 is 13.1 Å². The monoisotopic (exact) mass is 578 g/mol. The molecule has 6 rings (SSSR count). The number of fused-ring (bicyclic) bond motifs is 7. The summed E-state index contributed by atoms with van der Waals surface area (Å²) in [5, 5.41) is 0. The molecule has 0 N–H and O–H groups in total. The molecule has 234 valence electrons. The molecule has 0 amide bonds. The van der Waals surface area contributed by atoms with Crippen molar-refractivity contribution in [3.63, 3.8) is 0 Å². The number of methoxy groups -OCH3 is 1. The second-order valence-corrected chi connectivity index (χ2v) is 18.5. The second kappa shape index (κ2) is 9.02. The maximum Gasteiger partial charge on any atom is 0.490 e. The summed E-state index contributed by atoms with van der Waals surface area (Å²) in [5.74, 6) is 1.53. The molecule has 4 nitrogen and oxygen atoms in total. The average Bonchev–Trinajstić information content (AvgIpc) is 3.09. The first-order valence-corrected chi connectivity index (χ1v) is 17.1. The Morgan fingerprint density at radius 3 is 2.07 bits per heavy atom. The van der Waals surface area contributed by atoms with Gasteiger partial charge in [0, 0.05) is 0 Å². The Hall–Kier alpha value is -1.07. The summed E-state index contributed by atoms with van der Waals surface area (Å²) < 4.78 is 18.8. The maximum atomic E-state index is 13.5. The van der Waals surface area contributed by atoms with E-state index in [0.717, 1.165) is 44.9 Å². The van der Waals surface area contributed by atoms with Crippen molar-refractivity contribution in [2.45, 2.75) is 145 Å². The lowest BCUT2D eigenvalue weighted by atomic mass is 9.33. The van der Waals surface area contributed by atoms with Gasteiger partial charge in [0.05, 0.1) is 23.7 Å². The van der Waals surface area contributed by atoms with E-state index in [0.29, 0.717) is 17.8 Å². The zero-order valence-electron chi connectivity index (χ0n) is 29.0. The molecule has 0 aromatic carbocycles. The standard InChI is InChI=1S/C37H59BO4/c1-30(2)19-21-37(29(39)40-12)22-20-35(10)24(25(37)23-30)13-14-27-34(9)17-16-28(38-41-32(5,6)33(7,8)42-38)31(3,4)26(34)15-18-36(27,35)11/h13,16,25-27H,14-15,17-23H2,1-12H3/t25-,26-,27+,34-,35+,36+,37-/m0/s1. The van der Waals surface area contributed by atoms with Crippen LogP contribution in [0.25, 0.3) is 0 Å². The quantitative estimate of drug-likeness (QED) is 0.186. The molecule has 1 aliphatic heterocycles. The molecule has 0 unspecified atom stereocenters. The molecule has 4 fully saturated rings. The number of hydrogen-bond donors (Lipinski definition) is 0. The van der Waals surface area contributed by atoms with E-state index in [2.05, 4.69) is 88.3 Å². The third-order valence-corrected chi connectivity index (χ3v) is 15.4. The van der Waals surface area contributed by atoms with E-state index in [1.807, 2.05) is 0 Å². The van der Waals surface area contributed by atoms with Crippen molar-refractivity contribution in [2.75, 3.05) is 7.11 Å². The van der Waals surface area contributed by atoms with Crippen LogP contribution in [0.1, 0.15) is 134 Å². The fraction of sp³-hybridized carbons (Fsp3) is 0.865. The van der Waals surface area contributed by atoms with Crippen LogP contribution >= 0.6 is 0 Å². The molecule has 5 heteroatoms. The number of allylic oxidation sites excluding steroid dienone is 4.